The van der Waals surface area contributed by atoms with Crippen molar-refractivity contribution in [3.05, 3.63) is 267 Å². The van der Waals surface area contributed by atoms with Gasteiger partial charge in [0.1, 0.15) is 0 Å². The number of benzene rings is 11. The number of hydrogen-bond acceptors (Lipinski definition) is 0. The van der Waals surface area contributed by atoms with E-state index in [-0.39, 0.29) is 0 Å². The molecule has 0 saturated heterocycles. The van der Waals surface area contributed by atoms with E-state index in [9.17, 15) is 0 Å². The molecule has 0 unspecified atom stereocenters. The van der Waals surface area contributed by atoms with Crippen molar-refractivity contribution in [1.29, 1.82) is 0 Å². The lowest BCUT2D eigenvalue weighted by Crippen LogP contribution is -2.74. The zero-order valence-electron chi connectivity index (χ0n) is 37.8. The van der Waals surface area contributed by atoms with E-state index in [1.54, 1.807) is 0 Å². The Kier molecular flexibility index (Phi) is 8.95. The lowest BCUT2D eigenvalue weighted by atomic mass is 9.81. The summed E-state index contributed by atoms with van der Waals surface area (Å²) in [5.41, 5.74) is 17.2. The summed E-state index contributed by atoms with van der Waals surface area (Å²) in [5.74, 6) is 0. The molecule has 2 heterocycles. The lowest BCUT2D eigenvalue weighted by molar-refractivity contribution is 1.17. The molecule has 11 aromatic carbocycles. The van der Waals surface area contributed by atoms with Crippen LogP contribution in [0.5, 0.6) is 0 Å². The van der Waals surface area contributed by atoms with Gasteiger partial charge in [0, 0.05) is 32.9 Å². The Bertz CT molecular complexity index is 4080. The van der Waals surface area contributed by atoms with Gasteiger partial charge < -0.3 is 9.13 Å². The average Bonchev–Trinajstić information content (AvgIpc) is 3.94. The first kappa shape index (κ1) is 39.4. The van der Waals surface area contributed by atoms with Crippen LogP contribution < -0.4 is 20.7 Å². The Hall–Kier alpha value is -8.76. The van der Waals surface area contributed by atoms with E-state index in [0.717, 1.165) is 11.4 Å². The van der Waals surface area contributed by atoms with Crippen molar-refractivity contribution in [1.82, 2.24) is 9.13 Å². The number of para-hydroxylation sites is 3. The van der Waals surface area contributed by atoms with Gasteiger partial charge >= 0.3 is 0 Å². The maximum atomic E-state index is 2.57. The molecule has 0 amide bonds. The molecule has 3 heteroatoms. The second-order valence-corrected chi connectivity index (χ2v) is 22.2. The normalized spacial score (nSPS) is 12.1. The maximum absolute atomic E-state index is 3.06. The predicted molar refractivity (Wildman–Crippen MR) is 294 cm³/mol. The highest BCUT2D eigenvalue weighted by molar-refractivity contribution is 7.20. The molecule has 14 rings (SSSR count). The first-order valence-corrected chi connectivity index (χ1v) is 25.9. The van der Waals surface area contributed by atoms with Gasteiger partial charge in [-0.15, -0.1) is 0 Å². The summed E-state index contributed by atoms with van der Waals surface area (Å²) in [5, 5.41) is 10.4. The van der Waals surface area contributed by atoms with Crippen molar-refractivity contribution in [2.24, 2.45) is 0 Å². The Balaban J connectivity index is 1.04. The topological polar surface area (TPSA) is 9.86 Å². The van der Waals surface area contributed by atoms with Crippen LogP contribution in [0.1, 0.15) is 0 Å². The van der Waals surface area contributed by atoms with Crippen molar-refractivity contribution < 1.29 is 0 Å². The van der Waals surface area contributed by atoms with Crippen molar-refractivity contribution in [3.8, 4) is 55.9 Å². The quantitative estimate of drug-likeness (QED) is 0.116. The fourth-order valence-corrected chi connectivity index (χ4v) is 16.7. The van der Waals surface area contributed by atoms with Crippen LogP contribution >= 0.6 is 0 Å². The fraction of sp³-hybridized carbons (Fsp3) is 0. The van der Waals surface area contributed by atoms with Gasteiger partial charge in [0.2, 0.25) is 0 Å². The highest BCUT2D eigenvalue weighted by Crippen LogP contribution is 2.47. The average molecular weight is 893 g/mol. The molecule has 2 aromatic heterocycles. The molecule has 0 saturated carbocycles. The summed E-state index contributed by atoms with van der Waals surface area (Å²) in [4.78, 5) is 0. The van der Waals surface area contributed by atoms with E-state index in [2.05, 4.69) is 276 Å². The van der Waals surface area contributed by atoms with Crippen LogP contribution in [-0.2, 0) is 0 Å². The molecular weight excluding hydrogens is 849 g/mol. The lowest BCUT2D eigenvalue weighted by Gasteiger charge is -2.35. The monoisotopic (exact) mass is 892 g/mol. The molecule has 1 aliphatic rings. The summed E-state index contributed by atoms with van der Waals surface area (Å²) in [6, 6.07) is 100. The van der Waals surface area contributed by atoms with E-state index < -0.39 is 8.07 Å². The van der Waals surface area contributed by atoms with Gasteiger partial charge in [-0.2, -0.15) is 0 Å². The third kappa shape index (κ3) is 5.91. The van der Waals surface area contributed by atoms with Gasteiger partial charge in [0.25, 0.3) is 0 Å². The smallest absolute Gasteiger partial charge is 0.179 e. The molecule has 0 N–H and O–H groups in total. The standard InChI is InChI=1S/C66H44N2Si/c1-4-20-45(21-5-1)67-63-34-18-16-32-58(63)61-42-46(36-40-65(61)67)68-64-35-19-17-33-59(64)62-44-50(38-41-66(62)68)69(47-22-6-2-7-23-47,48-24-8-3-9-25-48)49-37-39-57-55-30-13-12-28-53(55)51-26-10-11-27-52(51)54-29-14-15-31-56(54)60(57)43-49/h1-44H. The van der Waals surface area contributed by atoms with Crippen LogP contribution in [0.4, 0.5) is 0 Å². The number of rotatable bonds is 6. The van der Waals surface area contributed by atoms with Crippen LogP contribution in [-0.4, -0.2) is 17.2 Å². The van der Waals surface area contributed by atoms with E-state index >= 15 is 0 Å². The van der Waals surface area contributed by atoms with Crippen LogP contribution in [0.25, 0.3) is 99.5 Å². The SMILES string of the molecule is c1ccc(-n2c3ccccc3c3cc(-n4c5ccccc5c5cc([Si](c6ccccc6)(c6ccccc6)c6ccc7c(c6)-c6ccccc6-c6ccccc6-c6ccccc6-7)ccc54)ccc32)cc1. The molecule has 1 aliphatic carbocycles. The molecule has 0 atom stereocenters. The van der Waals surface area contributed by atoms with Crippen LogP contribution in [0, 0.1) is 0 Å². The Morgan fingerprint density at radius 2 is 0.565 bits per heavy atom. The molecule has 2 nitrogen and oxygen atoms in total. The predicted octanol–water partition coefficient (Wildman–Crippen LogP) is 14.2. The van der Waals surface area contributed by atoms with Gasteiger partial charge in [-0.1, -0.05) is 218 Å². The van der Waals surface area contributed by atoms with E-state index in [0.29, 0.717) is 0 Å². The molecular formula is C66H44N2Si. The molecule has 13 aromatic rings. The second kappa shape index (κ2) is 15.7. The molecule has 0 bridgehead atoms. The second-order valence-electron chi connectivity index (χ2n) is 18.4. The van der Waals surface area contributed by atoms with Crippen molar-refractivity contribution in [2.75, 3.05) is 0 Å². The first-order chi connectivity index (χ1) is 34.3. The third-order valence-corrected chi connectivity index (χ3v) is 19.6. The fourth-order valence-electron chi connectivity index (χ4n) is 11.9. The molecule has 0 spiro atoms. The van der Waals surface area contributed by atoms with Gasteiger partial charge in [-0.25, -0.2) is 0 Å². The Labute approximate surface area is 402 Å². The minimum atomic E-state index is -3.06. The summed E-state index contributed by atoms with van der Waals surface area (Å²) >= 11 is 0. The van der Waals surface area contributed by atoms with Crippen molar-refractivity contribution in [2.45, 2.75) is 0 Å². The largest absolute Gasteiger partial charge is 0.309 e. The third-order valence-electron chi connectivity index (χ3n) is 14.8. The minimum Gasteiger partial charge on any atom is -0.309 e. The summed E-state index contributed by atoms with van der Waals surface area (Å²) in [6.45, 7) is 0. The minimum absolute atomic E-state index is 1.15. The highest BCUT2D eigenvalue weighted by Gasteiger charge is 2.42. The summed E-state index contributed by atoms with van der Waals surface area (Å²) in [6.07, 6.45) is 0. The van der Waals surface area contributed by atoms with Crippen LogP contribution in [0.3, 0.4) is 0 Å². The number of fused-ring (bicyclic) bond motifs is 14. The van der Waals surface area contributed by atoms with Gasteiger partial charge in [-0.3, -0.25) is 0 Å². The first-order valence-electron chi connectivity index (χ1n) is 23.9. The van der Waals surface area contributed by atoms with Crippen molar-refractivity contribution in [3.63, 3.8) is 0 Å². The van der Waals surface area contributed by atoms with E-state index in [1.807, 2.05) is 0 Å². The van der Waals surface area contributed by atoms with Gasteiger partial charge in [0.05, 0.1) is 22.1 Å². The van der Waals surface area contributed by atoms with Gasteiger partial charge in [0.15, 0.2) is 8.07 Å². The molecule has 69 heavy (non-hydrogen) atoms. The van der Waals surface area contributed by atoms with E-state index in [4.69, 9.17) is 0 Å². The summed E-state index contributed by atoms with van der Waals surface area (Å²) < 4.78 is 4.87. The number of nitrogens with zero attached hydrogens (tertiary/aromatic N) is 2. The molecule has 0 fully saturated rings. The zero-order chi connectivity index (χ0) is 45.5. The molecule has 0 aliphatic heterocycles. The maximum Gasteiger partial charge on any atom is 0.179 e. The summed E-state index contributed by atoms with van der Waals surface area (Å²) in [7, 11) is -3.06. The Morgan fingerprint density at radius 3 is 1.10 bits per heavy atom. The van der Waals surface area contributed by atoms with E-state index in [1.165, 1.54) is 109 Å². The van der Waals surface area contributed by atoms with Crippen molar-refractivity contribution >= 4 is 72.4 Å². The molecule has 0 radical (unpaired) electrons. The van der Waals surface area contributed by atoms with Crippen LogP contribution in [0.15, 0.2) is 267 Å². The van der Waals surface area contributed by atoms with Crippen LogP contribution in [0.2, 0.25) is 0 Å². The van der Waals surface area contributed by atoms with Gasteiger partial charge in [-0.05, 0) is 114 Å². The number of aromatic nitrogens is 2. The Morgan fingerprint density at radius 1 is 0.203 bits per heavy atom. The number of hydrogen-bond donors (Lipinski definition) is 0. The highest BCUT2D eigenvalue weighted by atomic mass is 28.3. The zero-order valence-corrected chi connectivity index (χ0v) is 38.8. The molecule has 322 valence electrons.